The Balaban J connectivity index is 0.00000420. The van der Waals surface area contributed by atoms with Gasteiger partial charge in [-0.15, -0.1) is 36.6 Å². The van der Waals surface area contributed by atoms with Gasteiger partial charge in [-0.05, 0) is 30.2 Å². The van der Waals surface area contributed by atoms with E-state index in [1.165, 1.54) is 36.0 Å². The van der Waals surface area contributed by atoms with E-state index in [2.05, 4.69) is 10.6 Å². The molecule has 1 aliphatic heterocycles. The van der Waals surface area contributed by atoms with Gasteiger partial charge in [0.05, 0.1) is 0 Å². The van der Waals surface area contributed by atoms with Gasteiger partial charge in [0.15, 0.2) is 6.04 Å². The zero-order valence-corrected chi connectivity index (χ0v) is 18.2. The van der Waals surface area contributed by atoms with Gasteiger partial charge in [0.1, 0.15) is 22.9 Å². The number of carbonyl (C=O) groups excluding carboxylic acids is 1. The van der Waals surface area contributed by atoms with E-state index >= 15 is 0 Å². The van der Waals surface area contributed by atoms with E-state index in [0.717, 1.165) is 0 Å². The zero-order valence-electron chi connectivity index (χ0n) is 15.8. The molecule has 2 rings (SSSR count). The van der Waals surface area contributed by atoms with E-state index in [4.69, 9.17) is 5.73 Å². The van der Waals surface area contributed by atoms with E-state index in [9.17, 15) is 29.7 Å². The Morgan fingerprint density at radius 3 is 2.33 bits per heavy atom. The number of carboxylic acids is 2. The van der Waals surface area contributed by atoms with Gasteiger partial charge in [0.25, 0.3) is 0 Å². The van der Waals surface area contributed by atoms with E-state index in [1.54, 1.807) is 19.1 Å². The average Bonchev–Trinajstić information content (AvgIpc) is 2.66. The summed E-state index contributed by atoms with van der Waals surface area (Å²) in [5, 5.41) is 32.4. The summed E-state index contributed by atoms with van der Waals surface area (Å²) in [5.41, 5.74) is 6.69. The highest BCUT2D eigenvalue weighted by molar-refractivity contribution is 8.00. The van der Waals surface area contributed by atoms with Crippen molar-refractivity contribution in [3.8, 4) is 5.75 Å². The Labute approximate surface area is 189 Å². The standard InChI is InChI=1S/C18H21N3O6S.2ClH/c1-2-3-10-8-28-16(21-13(10)17(24)25)14(18(26)27)20-15(23)12(19)9-4-6-11(22)7-5-9;;/h2-7,12,14,16,21-22H,8,19H2,1H3,(H,20,23)(H,24,25)(H,26,27);2*1H/b3-2-;;/t12-,14+,16-;;/m1../s1. The summed E-state index contributed by atoms with van der Waals surface area (Å²) >= 11 is 1.17. The molecule has 1 amide bonds. The maximum absolute atomic E-state index is 12.4. The lowest BCUT2D eigenvalue weighted by atomic mass is 10.1. The number of amides is 1. The quantitative estimate of drug-likeness (QED) is 0.339. The Kier molecular flexibility index (Phi) is 11.3. The molecule has 0 unspecified atom stereocenters. The van der Waals surface area contributed by atoms with Gasteiger partial charge >= 0.3 is 11.9 Å². The van der Waals surface area contributed by atoms with Gasteiger partial charge in [0.2, 0.25) is 5.91 Å². The molecule has 166 valence electrons. The predicted molar refractivity (Wildman–Crippen MR) is 118 cm³/mol. The molecule has 0 saturated heterocycles. The van der Waals surface area contributed by atoms with Crippen LogP contribution in [0, 0.1) is 0 Å². The summed E-state index contributed by atoms with van der Waals surface area (Å²) < 4.78 is 0. The number of phenolic OH excluding ortho intramolecular Hbond substituents is 1. The number of thioether (sulfide) groups is 1. The normalized spacial score (nSPS) is 17.7. The fourth-order valence-corrected chi connectivity index (χ4v) is 3.76. The highest BCUT2D eigenvalue weighted by Crippen LogP contribution is 2.26. The Bertz CT molecular complexity index is 832. The lowest BCUT2D eigenvalue weighted by Gasteiger charge is -2.31. The summed E-state index contributed by atoms with van der Waals surface area (Å²) in [7, 11) is 0. The van der Waals surface area contributed by atoms with Crippen molar-refractivity contribution in [1.29, 1.82) is 0 Å². The molecular weight excluding hydrogens is 457 g/mol. The third-order valence-electron chi connectivity index (χ3n) is 4.01. The number of aromatic hydroxyl groups is 1. The SMILES string of the molecule is C/C=C\C1=C(C(=O)O)N[C@@H]([C@H](NC(=O)[C@H](N)c2ccc(O)cc2)C(=O)O)SC1.Cl.Cl. The van der Waals surface area contributed by atoms with Crippen LogP contribution in [0.5, 0.6) is 5.75 Å². The number of hydrogen-bond donors (Lipinski definition) is 6. The lowest BCUT2D eigenvalue weighted by Crippen LogP contribution is -2.56. The topological polar surface area (TPSA) is 162 Å². The van der Waals surface area contributed by atoms with Crippen molar-refractivity contribution in [2.45, 2.75) is 24.4 Å². The summed E-state index contributed by atoms with van der Waals surface area (Å²) in [4.78, 5) is 35.6. The Morgan fingerprint density at radius 1 is 1.23 bits per heavy atom. The summed E-state index contributed by atoms with van der Waals surface area (Å²) in [6.07, 6.45) is 3.32. The van der Waals surface area contributed by atoms with Crippen molar-refractivity contribution in [1.82, 2.24) is 10.6 Å². The van der Waals surface area contributed by atoms with Gasteiger partial charge < -0.3 is 31.7 Å². The number of nitrogens with one attached hydrogen (secondary N) is 2. The van der Waals surface area contributed by atoms with Crippen molar-refractivity contribution in [2.75, 3.05) is 5.75 Å². The minimum absolute atomic E-state index is 0. The van der Waals surface area contributed by atoms with Crippen LogP contribution in [0.3, 0.4) is 0 Å². The first-order valence-corrected chi connectivity index (χ1v) is 9.34. The van der Waals surface area contributed by atoms with Crippen molar-refractivity contribution in [2.24, 2.45) is 5.73 Å². The van der Waals surface area contributed by atoms with Crippen LogP contribution in [0.1, 0.15) is 18.5 Å². The second-order valence-corrected chi connectivity index (χ2v) is 7.10. The van der Waals surface area contributed by atoms with Crippen LogP contribution < -0.4 is 16.4 Å². The fraction of sp³-hybridized carbons (Fsp3) is 0.278. The molecule has 9 nitrogen and oxygen atoms in total. The van der Waals surface area contributed by atoms with E-state index < -0.39 is 35.3 Å². The number of aliphatic carboxylic acids is 2. The van der Waals surface area contributed by atoms with Crippen LogP contribution in [0.15, 0.2) is 47.7 Å². The maximum Gasteiger partial charge on any atom is 0.352 e. The number of nitrogens with two attached hydrogens (primary N) is 1. The second kappa shape index (κ2) is 12.3. The summed E-state index contributed by atoms with van der Waals surface area (Å²) in [5.74, 6) is -2.99. The number of phenols is 1. The molecule has 1 heterocycles. The van der Waals surface area contributed by atoms with Crippen LogP contribution >= 0.6 is 36.6 Å². The van der Waals surface area contributed by atoms with Crippen LogP contribution in [0.25, 0.3) is 0 Å². The lowest BCUT2D eigenvalue weighted by molar-refractivity contribution is -0.142. The largest absolute Gasteiger partial charge is 0.508 e. The number of rotatable bonds is 7. The number of carboxylic acid groups (broad SMARTS) is 2. The molecule has 0 saturated carbocycles. The third-order valence-corrected chi connectivity index (χ3v) is 5.24. The smallest absolute Gasteiger partial charge is 0.352 e. The molecule has 7 N–H and O–H groups in total. The van der Waals surface area contributed by atoms with Crippen molar-refractivity contribution in [3.63, 3.8) is 0 Å². The van der Waals surface area contributed by atoms with E-state index in [1.807, 2.05) is 0 Å². The van der Waals surface area contributed by atoms with E-state index in [-0.39, 0.29) is 42.0 Å². The average molecular weight is 480 g/mol. The molecule has 3 atom stereocenters. The Hall–Kier alpha value is -2.40. The second-order valence-electron chi connectivity index (χ2n) is 5.98. The Morgan fingerprint density at radius 2 is 1.83 bits per heavy atom. The van der Waals surface area contributed by atoms with Gasteiger partial charge in [0, 0.05) is 5.75 Å². The number of carbonyl (C=O) groups is 3. The van der Waals surface area contributed by atoms with Gasteiger partial charge in [-0.25, -0.2) is 9.59 Å². The molecule has 0 aromatic heterocycles. The van der Waals surface area contributed by atoms with Crippen LogP contribution in [-0.4, -0.2) is 50.3 Å². The maximum atomic E-state index is 12.4. The minimum Gasteiger partial charge on any atom is -0.508 e. The molecule has 1 aromatic rings. The fourth-order valence-electron chi connectivity index (χ4n) is 2.58. The number of halogens is 2. The van der Waals surface area contributed by atoms with Crippen molar-refractivity contribution in [3.05, 3.63) is 53.3 Å². The molecule has 1 aromatic carbocycles. The van der Waals surface area contributed by atoms with E-state index in [0.29, 0.717) is 11.1 Å². The monoisotopic (exact) mass is 479 g/mol. The highest BCUT2D eigenvalue weighted by atomic mass is 35.5. The number of hydrogen-bond acceptors (Lipinski definition) is 7. The first kappa shape index (κ1) is 27.6. The molecule has 0 bridgehead atoms. The van der Waals surface area contributed by atoms with Gasteiger partial charge in [-0.1, -0.05) is 24.3 Å². The predicted octanol–water partition coefficient (Wildman–Crippen LogP) is 1.38. The van der Waals surface area contributed by atoms with Crippen LogP contribution in [0.4, 0.5) is 0 Å². The van der Waals surface area contributed by atoms with Crippen LogP contribution in [0.2, 0.25) is 0 Å². The molecule has 0 aliphatic carbocycles. The first-order chi connectivity index (χ1) is 13.2. The zero-order chi connectivity index (χ0) is 20.8. The van der Waals surface area contributed by atoms with Crippen molar-refractivity contribution < 1.29 is 29.7 Å². The van der Waals surface area contributed by atoms with Crippen LogP contribution in [-0.2, 0) is 14.4 Å². The molecule has 0 spiro atoms. The molecule has 0 fully saturated rings. The molecule has 12 heteroatoms. The molecular formula is C18H23Cl2N3O6S. The minimum atomic E-state index is -1.40. The first-order valence-electron chi connectivity index (χ1n) is 8.29. The molecule has 1 aliphatic rings. The number of allylic oxidation sites excluding steroid dienone is 2. The summed E-state index contributed by atoms with van der Waals surface area (Å²) in [6.45, 7) is 1.74. The third kappa shape index (κ3) is 6.84. The molecule has 30 heavy (non-hydrogen) atoms. The van der Waals surface area contributed by atoms with Gasteiger partial charge in [-0.2, -0.15) is 0 Å². The van der Waals surface area contributed by atoms with Gasteiger partial charge in [-0.3, -0.25) is 4.79 Å². The summed E-state index contributed by atoms with van der Waals surface area (Å²) in [6, 6.07) is 3.09. The molecule has 0 radical (unpaired) electrons. The number of benzene rings is 1. The highest BCUT2D eigenvalue weighted by Gasteiger charge is 2.36. The van der Waals surface area contributed by atoms with Crippen molar-refractivity contribution >= 4 is 54.4 Å².